The SMILES string of the molecule is Cc1nc(CCCC(=O)NCC(F)(F)CN)cs1.Cl.Cl. The number of carbonyl (C=O) groups excluding carboxylic acids is 1. The number of aromatic nitrogens is 1. The Hall–Kier alpha value is -0.500. The minimum absolute atomic E-state index is 0. The Morgan fingerprint density at radius 2 is 2.15 bits per heavy atom. The van der Waals surface area contributed by atoms with Gasteiger partial charge in [-0.25, -0.2) is 13.8 Å². The van der Waals surface area contributed by atoms with Crippen LogP contribution >= 0.6 is 36.2 Å². The monoisotopic (exact) mass is 349 g/mol. The fraction of sp³-hybridized carbons (Fsp3) is 0.636. The Morgan fingerprint density at radius 1 is 1.50 bits per heavy atom. The van der Waals surface area contributed by atoms with Crippen molar-refractivity contribution in [3.8, 4) is 0 Å². The average Bonchev–Trinajstić information content (AvgIpc) is 2.73. The van der Waals surface area contributed by atoms with Gasteiger partial charge in [-0.2, -0.15) is 0 Å². The van der Waals surface area contributed by atoms with E-state index in [9.17, 15) is 13.6 Å². The zero-order chi connectivity index (χ0) is 13.6. The summed E-state index contributed by atoms with van der Waals surface area (Å²) >= 11 is 1.56. The van der Waals surface area contributed by atoms with E-state index in [2.05, 4.69) is 10.3 Å². The number of hydrogen-bond acceptors (Lipinski definition) is 4. The smallest absolute Gasteiger partial charge is 0.277 e. The van der Waals surface area contributed by atoms with Gasteiger partial charge in [0.1, 0.15) is 0 Å². The highest BCUT2D eigenvalue weighted by Crippen LogP contribution is 2.11. The van der Waals surface area contributed by atoms with Crippen LogP contribution in [0.15, 0.2) is 5.38 Å². The molecule has 0 saturated carbocycles. The molecule has 1 amide bonds. The lowest BCUT2D eigenvalue weighted by Crippen LogP contribution is -2.41. The molecule has 3 N–H and O–H groups in total. The highest BCUT2D eigenvalue weighted by molar-refractivity contribution is 7.09. The van der Waals surface area contributed by atoms with Crippen molar-refractivity contribution >= 4 is 42.1 Å². The summed E-state index contributed by atoms with van der Waals surface area (Å²) in [6.45, 7) is 0.458. The van der Waals surface area contributed by atoms with Crippen LogP contribution in [0.3, 0.4) is 0 Å². The molecule has 20 heavy (non-hydrogen) atoms. The zero-order valence-electron chi connectivity index (χ0n) is 11.0. The van der Waals surface area contributed by atoms with Crippen LogP contribution in [0, 0.1) is 6.92 Å². The lowest BCUT2D eigenvalue weighted by molar-refractivity contribution is -0.122. The van der Waals surface area contributed by atoms with Gasteiger partial charge in [-0.05, 0) is 19.8 Å². The number of nitrogens with one attached hydrogen (secondary N) is 1. The molecule has 0 unspecified atom stereocenters. The van der Waals surface area contributed by atoms with Crippen LogP contribution in [0.1, 0.15) is 23.5 Å². The largest absolute Gasteiger partial charge is 0.350 e. The average molecular weight is 350 g/mol. The Labute approximate surface area is 133 Å². The van der Waals surface area contributed by atoms with E-state index in [0.29, 0.717) is 12.8 Å². The van der Waals surface area contributed by atoms with Crippen molar-refractivity contribution in [2.75, 3.05) is 13.1 Å². The number of alkyl halides is 2. The molecule has 1 rings (SSSR count). The number of aryl methyl sites for hydroxylation is 2. The maximum absolute atomic E-state index is 12.8. The van der Waals surface area contributed by atoms with Crippen LogP contribution in [0.2, 0.25) is 0 Å². The second-order valence-electron chi connectivity index (χ2n) is 4.05. The minimum Gasteiger partial charge on any atom is -0.350 e. The third-order valence-electron chi connectivity index (χ3n) is 2.35. The van der Waals surface area contributed by atoms with Gasteiger partial charge in [0.05, 0.1) is 23.8 Å². The summed E-state index contributed by atoms with van der Waals surface area (Å²) in [7, 11) is 0. The van der Waals surface area contributed by atoms with Gasteiger partial charge in [0.25, 0.3) is 5.92 Å². The van der Waals surface area contributed by atoms with E-state index in [1.165, 1.54) is 0 Å². The summed E-state index contributed by atoms with van der Waals surface area (Å²) in [4.78, 5) is 15.6. The molecular formula is C11H19Cl2F2N3OS. The third-order valence-corrected chi connectivity index (χ3v) is 3.17. The maximum atomic E-state index is 12.8. The number of carbonyl (C=O) groups is 1. The molecule has 0 aromatic carbocycles. The van der Waals surface area contributed by atoms with Crippen LogP contribution in [-0.2, 0) is 11.2 Å². The number of hydrogen-bond donors (Lipinski definition) is 2. The van der Waals surface area contributed by atoms with Crippen molar-refractivity contribution in [1.29, 1.82) is 0 Å². The maximum Gasteiger partial charge on any atom is 0.277 e. The molecule has 0 atom stereocenters. The number of nitrogens with two attached hydrogens (primary N) is 1. The Morgan fingerprint density at radius 3 is 2.65 bits per heavy atom. The summed E-state index contributed by atoms with van der Waals surface area (Å²) in [6.07, 6.45) is 1.51. The Bertz CT molecular complexity index is 405. The molecule has 0 radical (unpaired) electrons. The molecule has 0 spiro atoms. The lowest BCUT2D eigenvalue weighted by atomic mass is 10.2. The van der Waals surface area contributed by atoms with E-state index >= 15 is 0 Å². The van der Waals surface area contributed by atoms with E-state index in [4.69, 9.17) is 5.73 Å². The standard InChI is InChI=1S/C11H17F2N3OS.2ClH/c1-8-16-9(5-18-8)3-2-4-10(17)15-7-11(12,13)6-14;;/h5H,2-4,6-7,14H2,1H3,(H,15,17);2*1H. The summed E-state index contributed by atoms with van der Waals surface area (Å²) in [5.74, 6) is -3.41. The van der Waals surface area contributed by atoms with Crippen LogP contribution in [0.5, 0.6) is 0 Å². The fourth-order valence-corrected chi connectivity index (χ4v) is 1.99. The fourth-order valence-electron chi connectivity index (χ4n) is 1.34. The van der Waals surface area contributed by atoms with Crippen LogP contribution in [-0.4, -0.2) is 29.9 Å². The quantitative estimate of drug-likeness (QED) is 0.793. The molecular weight excluding hydrogens is 331 g/mol. The molecule has 0 aliphatic carbocycles. The van der Waals surface area contributed by atoms with Crippen molar-refractivity contribution in [3.63, 3.8) is 0 Å². The minimum atomic E-state index is -3.03. The first-order valence-electron chi connectivity index (χ1n) is 5.68. The van der Waals surface area contributed by atoms with E-state index in [-0.39, 0.29) is 37.1 Å². The summed E-state index contributed by atoms with van der Waals surface area (Å²) in [5, 5.41) is 5.10. The third kappa shape index (κ3) is 8.63. The number of halogens is 4. The number of thiazole rings is 1. The molecule has 0 fully saturated rings. The first kappa shape index (κ1) is 21.8. The van der Waals surface area contributed by atoms with E-state index in [1.807, 2.05) is 12.3 Å². The molecule has 9 heteroatoms. The van der Waals surface area contributed by atoms with Gasteiger partial charge < -0.3 is 11.1 Å². The highest BCUT2D eigenvalue weighted by atomic mass is 35.5. The highest BCUT2D eigenvalue weighted by Gasteiger charge is 2.26. The molecule has 1 aromatic heterocycles. The Balaban J connectivity index is 0. The van der Waals surface area contributed by atoms with E-state index in [0.717, 1.165) is 10.7 Å². The van der Waals surface area contributed by atoms with Gasteiger partial charge in [0.15, 0.2) is 0 Å². The van der Waals surface area contributed by atoms with Gasteiger partial charge in [0, 0.05) is 11.8 Å². The summed E-state index contributed by atoms with van der Waals surface area (Å²) in [5.41, 5.74) is 5.80. The molecule has 0 saturated heterocycles. The van der Waals surface area contributed by atoms with Crippen molar-refractivity contribution < 1.29 is 13.6 Å². The van der Waals surface area contributed by atoms with Crippen molar-refractivity contribution in [1.82, 2.24) is 10.3 Å². The van der Waals surface area contributed by atoms with Crippen molar-refractivity contribution in [2.45, 2.75) is 32.1 Å². The second-order valence-corrected chi connectivity index (χ2v) is 5.11. The van der Waals surface area contributed by atoms with E-state index < -0.39 is 19.0 Å². The summed E-state index contributed by atoms with van der Waals surface area (Å²) in [6, 6.07) is 0. The molecule has 1 heterocycles. The first-order valence-corrected chi connectivity index (χ1v) is 6.56. The summed E-state index contributed by atoms with van der Waals surface area (Å²) < 4.78 is 25.5. The second kappa shape index (κ2) is 10.3. The molecule has 4 nitrogen and oxygen atoms in total. The van der Waals surface area contributed by atoms with Crippen LogP contribution in [0.25, 0.3) is 0 Å². The molecule has 0 aliphatic heterocycles. The zero-order valence-corrected chi connectivity index (χ0v) is 13.5. The molecule has 1 aromatic rings. The number of rotatable bonds is 7. The predicted molar refractivity (Wildman–Crippen MR) is 81.3 cm³/mol. The van der Waals surface area contributed by atoms with Crippen LogP contribution < -0.4 is 11.1 Å². The molecule has 0 bridgehead atoms. The van der Waals surface area contributed by atoms with Gasteiger partial charge >= 0.3 is 0 Å². The Kier molecular flexibility index (Phi) is 11.2. The van der Waals surface area contributed by atoms with Crippen molar-refractivity contribution in [2.24, 2.45) is 5.73 Å². The van der Waals surface area contributed by atoms with Gasteiger partial charge in [0.2, 0.25) is 5.91 Å². The molecule has 118 valence electrons. The number of nitrogens with zero attached hydrogens (tertiary/aromatic N) is 1. The lowest BCUT2D eigenvalue weighted by Gasteiger charge is -2.14. The topological polar surface area (TPSA) is 68.0 Å². The van der Waals surface area contributed by atoms with Gasteiger partial charge in [-0.15, -0.1) is 36.2 Å². The first-order chi connectivity index (χ1) is 8.43. The van der Waals surface area contributed by atoms with Crippen LogP contribution in [0.4, 0.5) is 8.78 Å². The molecule has 0 aliphatic rings. The van der Waals surface area contributed by atoms with E-state index in [1.54, 1.807) is 11.3 Å². The van der Waals surface area contributed by atoms with Crippen molar-refractivity contribution in [3.05, 3.63) is 16.1 Å². The van der Waals surface area contributed by atoms with Gasteiger partial charge in [-0.1, -0.05) is 0 Å². The normalized spacial score (nSPS) is 10.4. The van der Waals surface area contributed by atoms with Gasteiger partial charge in [-0.3, -0.25) is 4.79 Å². The predicted octanol–water partition coefficient (Wildman–Crippen LogP) is 2.33. The number of amides is 1.